The maximum Gasteiger partial charge on any atom is 0.142 e. The Morgan fingerprint density at radius 2 is 2.11 bits per heavy atom. The van der Waals surface area contributed by atoms with Gasteiger partial charge in [-0.1, -0.05) is 25.4 Å². The molecule has 0 bridgehead atoms. The summed E-state index contributed by atoms with van der Waals surface area (Å²) in [6.07, 6.45) is 0.594. The Morgan fingerprint density at radius 1 is 1.39 bits per heavy atom. The van der Waals surface area contributed by atoms with Gasteiger partial charge in [-0.05, 0) is 18.2 Å². The first-order valence-electron chi connectivity index (χ1n) is 6.06. The summed E-state index contributed by atoms with van der Waals surface area (Å²) in [7, 11) is 1.60. The van der Waals surface area contributed by atoms with Crippen LogP contribution in [0.3, 0.4) is 0 Å². The third kappa shape index (κ3) is 2.46. The van der Waals surface area contributed by atoms with Crippen LogP contribution in [0.25, 0.3) is 0 Å². The van der Waals surface area contributed by atoms with Crippen molar-refractivity contribution in [1.29, 1.82) is 0 Å². The van der Waals surface area contributed by atoms with E-state index in [0.717, 1.165) is 18.8 Å². The van der Waals surface area contributed by atoms with Gasteiger partial charge in [0.15, 0.2) is 0 Å². The number of anilines is 1. The molecule has 1 aliphatic rings. The Morgan fingerprint density at radius 3 is 2.67 bits per heavy atom. The summed E-state index contributed by atoms with van der Waals surface area (Å²) in [5, 5.41) is 0.602. The Hall–Kier alpha value is -1.22. The van der Waals surface area contributed by atoms with Crippen LogP contribution < -0.4 is 9.64 Å². The van der Waals surface area contributed by atoms with Gasteiger partial charge < -0.3 is 9.64 Å². The molecule has 0 unspecified atom stereocenters. The van der Waals surface area contributed by atoms with Gasteiger partial charge in [0, 0.05) is 30.6 Å². The van der Waals surface area contributed by atoms with Crippen molar-refractivity contribution in [1.82, 2.24) is 0 Å². The smallest absolute Gasteiger partial charge is 0.142 e. The lowest BCUT2D eigenvalue weighted by molar-refractivity contribution is -0.127. The number of nitrogens with zero attached hydrogens (tertiary/aromatic N) is 1. The molecule has 0 radical (unpaired) electrons. The van der Waals surface area contributed by atoms with E-state index in [-0.39, 0.29) is 5.41 Å². The molecule has 4 heteroatoms. The molecule has 0 atom stereocenters. The zero-order chi connectivity index (χ0) is 13.3. The van der Waals surface area contributed by atoms with Crippen LogP contribution in [0, 0.1) is 5.41 Å². The number of Topliss-reactive ketones (excluding diaryl/α,β-unsaturated/α-hetero) is 1. The molecule has 1 aromatic carbocycles. The van der Waals surface area contributed by atoms with Gasteiger partial charge in [-0.2, -0.15) is 0 Å². The summed E-state index contributed by atoms with van der Waals surface area (Å²) in [4.78, 5) is 14.0. The number of ether oxygens (including phenoxy) is 1. The monoisotopic (exact) mass is 267 g/mol. The van der Waals surface area contributed by atoms with Crippen molar-refractivity contribution in [3.63, 3.8) is 0 Å². The number of hydrogen-bond acceptors (Lipinski definition) is 3. The molecule has 3 nitrogen and oxygen atoms in total. The highest BCUT2D eigenvalue weighted by molar-refractivity contribution is 6.32. The number of piperidine rings is 1. The van der Waals surface area contributed by atoms with Crippen LogP contribution in [-0.2, 0) is 4.79 Å². The standard InChI is InChI=1S/C14H18ClNO2/c1-14(2)9-16(7-6-13(14)17)10-4-5-12(18-3)11(15)8-10/h4-5,8H,6-7,9H2,1-3H3. The number of methoxy groups -OCH3 is 1. The summed E-state index contributed by atoms with van der Waals surface area (Å²) in [5.41, 5.74) is 0.756. The summed E-state index contributed by atoms with van der Waals surface area (Å²) in [6, 6.07) is 5.74. The van der Waals surface area contributed by atoms with E-state index < -0.39 is 0 Å². The molecule has 2 rings (SSSR count). The second-order valence-corrected chi connectivity index (χ2v) is 5.70. The number of ketones is 1. The largest absolute Gasteiger partial charge is 0.495 e. The van der Waals surface area contributed by atoms with Crippen LogP contribution in [0.2, 0.25) is 5.02 Å². The Bertz CT molecular complexity index is 471. The lowest BCUT2D eigenvalue weighted by atomic mass is 9.82. The minimum Gasteiger partial charge on any atom is -0.495 e. The van der Waals surface area contributed by atoms with E-state index >= 15 is 0 Å². The van der Waals surface area contributed by atoms with Gasteiger partial charge >= 0.3 is 0 Å². The fourth-order valence-electron chi connectivity index (χ4n) is 2.29. The van der Waals surface area contributed by atoms with E-state index in [4.69, 9.17) is 16.3 Å². The molecule has 0 aliphatic carbocycles. The van der Waals surface area contributed by atoms with Crippen LogP contribution in [0.1, 0.15) is 20.3 Å². The molecule has 0 N–H and O–H groups in total. The first-order chi connectivity index (χ1) is 8.44. The van der Waals surface area contributed by atoms with Crippen LogP contribution in [0.4, 0.5) is 5.69 Å². The minimum absolute atomic E-state index is 0.287. The van der Waals surface area contributed by atoms with E-state index in [2.05, 4.69) is 4.90 Å². The van der Waals surface area contributed by atoms with Gasteiger partial charge in [-0.15, -0.1) is 0 Å². The van der Waals surface area contributed by atoms with E-state index in [1.807, 2.05) is 32.0 Å². The topological polar surface area (TPSA) is 29.5 Å². The number of halogens is 1. The van der Waals surface area contributed by atoms with Crippen molar-refractivity contribution in [3.8, 4) is 5.75 Å². The maximum absolute atomic E-state index is 11.8. The number of carbonyl (C=O) groups excluding carboxylic acids is 1. The molecule has 0 aromatic heterocycles. The van der Waals surface area contributed by atoms with Crippen LogP contribution in [0.15, 0.2) is 18.2 Å². The van der Waals surface area contributed by atoms with Crippen molar-refractivity contribution in [3.05, 3.63) is 23.2 Å². The molecule has 0 amide bonds. The molecule has 98 valence electrons. The van der Waals surface area contributed by atoms with E-state index in [9.17, 15) is 4.79 Å². The molecular formula is C14H18ClNO2. The minimum atomic E-state index is -0.287. The van der Waals surface area contributed by atoms with Crippen molar-refractivity contribution in [2.24, 2.45) is 5.41 Å². The lowest BCUT2D eigenvalue weighted by Gasteiger charge is -2.38. The Balaban J connectivity index is 2.22. The predicted molar refractivity (Wildman–Crippen MR) is 73.6 cm³/mol. The Labute approximate surface area is 113 Å². The molecule has 1 saturated heterocycles. The highest BCUT2D eigenvalue weighted by Crippen LogP contribution is 2.33. The summed E-state index contributed by atoms with van der Waals surface area (Å²) in [5.74, 6) is 1.01. The van der Waals surface area contributed by atoms with Crippen molar-refractivity contribution in [2.75, 3.05) is 25.1 Å². The zero-order valence-corrected chi connectivity index (χ0v) is 11.8. The van der Waals surface area contributed by atoms with Gasteiger partial charge in [0.25, 0.3) is 0 Å². The number of benzene rings is 1. The maximum atomic E-state index is 11.8. The molecule has 18 heavy (non-hydrogen) atoms. The molecule has 1 fully saturated rings. The second kappa shape index (κ2) is 4.81. The van der Waals surface area contributed by atoms with E-state index in [0.29, 0.717) is 23.0 Å². The second-order valence-electron chi connectivity index (χ2n) is 5.30. The highest BCUT2D eigenvalue weighted by atomic mass is 35.5. The van der Waals surface area contributed by atoms with Gasteiger partial charge in [0.1, 0.15) is 11.5 Å². The van der Waals surface area contributed by atoms with Crippen LogP contribution in [-0.4, -0.2) is 26.0 Å². The third-order valence-corrected chi connectivity index (χ3v) is 3.75. The Kier molecular flexibility index (Phi) is 3.53. The summed E-state index contributed by atoms with van der Waals surface area (Å²) >= 11 is 6.13. The van der Waals surface area contributed by atoms with E-state index in [1.54, 1.807) is 7.11 Å². The first kappa shape index (κ1) is 13.2. The van der Waals surface area contributed by atoms with Crippen LogP contribution >= 0.6 is 11.6 Å². The molecule has 0 spiro atoms. The fourth-order valence-corrected chi connectivity index (χ4v) is 2.54. The normalized spacial score (nSPS) is 18.9. The number of rotatable bonds is 2. The summed E-state index contributed by atoms with van der Waals surface area (Å²) in [6.45, 7) is 5.47. The summed E-state index contributed by atoms with van der Waals surface area (Å²) < 4.78 is 5.14. The lowest BCUT2D eigenvalue weighted by Crippen LogP contribution is -2.46. The van der Waals surface area contributed by atoms with Crippen molar-refractivity contribution < 1.29 is 9.53 Å². The molecule has 1 heterocycles. The van der Waals surface area contributed by atoms with E-state index in [1.165, 1.54) is 0 Å². The van der Waals surface area contributed by atoms with Crippen molar-refractivity contribution in [2.45, 2.75) is 20.3 Å². The average Bonchev–Trinajstić information content (AvgIpc) is 2.32. The van der Waals surface area contributed by atoms with Gasteiger partial charge in [0.05, 0.1) is 12.1 Å². The zero-order valence-electron chi connectivity index (χ0n) is 11.0. The quantitative estimate of drug-likeness (QED) is 0.824. The molecular weight excluding hydrogens is 250 g/mol. The van der Waals surface area contributed by atoms with Gasteiger partial charge in [-0.3, -0.25) is 4.79 Å². The van der Waals surface area contributed by atoms with Gasteiger partial charge in [-0.25, -0.2) is 0 Å². The molecule has 0 saturated carbocycles. The third-order valence-electron chi connectivity index (χ3n) is 3.45. The molecule has 1 aromatic rings. The van der Waals surface area contributed by atoms with Crippen LogP contribution in [0.5, 0.6) is 5.75 Å². The fraction of sp³-hybridized carbons (Fsp3) is 0.500. The van der Waals surface area contributed by atoms with Crippen molar-refractivity contribution >= 4 is 23.1 Å². The highest BCUT2D eigenvalue weighted by Gasteiger charge is 2.34. The average molecular weight is 268 g/mol. The number of carbonyl (C=O) groups is 1. The number of hydrogen-bond donors (Lipinski definition) is 0. The SMILES string of the molecule is COc1ccc(N2CCC(=O)C(C)(C)C2)cc1Cl. The predicted octanol–water partition coefficient (Wildman–Crippen LogP) is 3.15. The first-order valence-corrected chi connectivity index (χ1v) is 6.43. The molecule has 1 aliphatic heterocycles. The van der Waals surface area contributed by atoms with Gasteiger partial charge in [0.2, 0.25) is 0 Å².